The highest BCUT2D eigenvalue weighted by molar-refractivity contribution is 5.88. The van der Waals surface area contributed by atoms with Gasteiger partial charge in [-0.1, -0.05) is 0 Å². The number of rotatable bonds is 2. The van der Waals surface area contributed by atoms with Gasteiger partial charge >= 0.3 is 5.97 Å². The van der Waals surface area contributed by atoms with Crippen molar-refractivity contribution >= 4 is 5.97 Å². The van der Waals surface area contributed by atoms with E-state index in [9.17, 15) is 4.79 Å². The number of carboxylic acids is 1. The summed E-state index contributed by atoms with van der Waals surface area (Å²) in [6, 6.07) is 4.73. The van der Waals surface area contributed by atoms with Crippen LogP contribution in [0, 0.1) is 11.3 Å². The van der Waals surface area contributed by atoms with E-state index in [4.69, 9.17) is 10.4 Å². The van der Waals surface area contributed by atoms with Gasteiger partial charge in [0.2, 0.25) is 0 Å². The molecule has 0 aromatic carbocycles. The largest absolute Gasteiger partial charge is 0.478 e. The number of nitriles is 1. The molecule has 70 valence electrons. The molecule has 14 heavy (non-hydrogen) atoms. The second kappa shape index (κ2) is 3.11. The van der Waals surface area contributed by atoms with E-state index < -0.39 is 5.97 Å². The highest BCUT2D eigenvalue weighted by Gasteiger charge is 2.26. The van der Waals surface area contributed by atoms with Crippen LogP contribution in [0.2, 0.25) is 0 Å². The van der Waals surface area contributed by atoms with Gasteiger partial charge in [-0.2, -0.15) is 5.26 Å². The van der Waals surface area contributed by atoms with Crippen molar-refractivity contribution in [3.05, 3.63) is 29.1 Å². The molecule has 1 saturated carbocycles. The van der Waals surface area contributed by atoms with Crippen LogP contribution in [0.1, 0.15) is 40.5 Å². The molecule has 0 amide bonds. The van der Waals surface area contributed by atoms with Gasteiger partial charge in [0, 0.05) is 11.6 Å². The summed E-state index contributed by atoms with van der Waals surface area (Å²) >= 11 is 0. The first-order chi connectivity index (χ1) is 6.70. The maximum atomic E-state index is 10.7. The molecule has 0 spiro atoms. The summed E-state index contributed by atoms with van der Waals surface area (Å²) in [4.78, 5) is 14.8. The first-order valence-electron chi connectivity index (χ1n) is 4.36. The second-order valence-electron chi connectivity index (χ2n) is 3.36. The van der Waals surface area contributed by atoms with E-state index in [0.717, 1.165) is 18.5 Å². The SMILES string of the molecule is N#Cc1cc(C(=O)O)cc(C2CC2)n1. The van der Waals surface area contributed by atoms with Gasteiger partial charge in [0.1, 0.15) is 11.8 Å². The van der Waals surface area contributed by atoms with E-state index in [1.165, 1.54) is 6.07 Å². The lowest BCUT2D eigenvalue weighted by Crippen LogP contribution is -2.01. The molecule has 1 N–H and O–H groups in total. The quantitative estimate of drug-likeness (QED) is 0.763. The van der Waals surface area contributed by atoms with Gasteiger partial charge in [-0.25, -0.2) is 9.78 Å². The number of hydrogen-bond donors (Lipinski definition) is 1. The topological polar surface area (TPSA) is 74.0 Å². The van der Waals surface area contributed by atoms with Gasteiger partial charge in [0.25, 0.3) is 0 Å². The first-order valence-corrected chi connectivity index (χ1v) is 4.36. The van der Waals surface area contributed by atoms with Crippen molar-refractivity contribution in [3.63, 3.8) is 0 Å². The highest BCUT2D eigenvalue weighted by atomic mass is 16.4. The van der Waals surface area contributed by atoms with E-state index in [-0.39, 0.29) is 11.3 Å². The third-order valence-corrected chi connectivity index (χ3v) is 2.20. The summed E-state index contributed by atoms with van der Waals surface area (Å²) in [5.41, 5.74) is 1.08. The van der Waals surface area contributed by atoms with Crippen LogP contribution in [-0.4, -0.2) is 16.1 Å². The standard InChI is InChI=1S/C10H8N2O2/c11-5-8-3-7(10(13)14)4-9(12-8)6-1-2-6/h3-4,6H,1-2H2,(H,13,14). The summed E-state index contributed by atoms with van der Waals surface area (Å²) in [6.07, 6.45) is 2.09. The minimum absolute atomic E-state index is 0.151. The molecule has 1 fully saturated rings. The van der Waals surface area contributed by atoms with Crippen molar-refractivity contribution in [2.45, 2.75) is 18.8 Å². The average Bonchev–Trinajstić information content (AvgIpc) is 3.00. The molecule has 1 aromatic rings. The van der Waals surface area contributed by atoms with Crippen molar-refractivity contribution in [2.24, 2.45) is 0 Å². The van der Waals surface area contributed by atoms with Gasteiger partial charge in [0.15, 0.2) is 0 Å². The predicted molar refractivity (Wildman–Crippen MR) is 47.9 cm³/mol. The van der Waals surface area contributed by atoms with Gasteiger partial charge in [-0.3, -0.25) is 0 Å². The van der Waals surface area contributed by atoms with Crippen LogP contribution in [0.15, 0.2) is 12.1 Å². The van der Waals surface area contributed by atoms with Gasteiger partial charge in [-0.15, -0.1) is 0 Å². The van der Waals surface area contributed by atoms with Crippen molar-refractivity contribution in [3.8, 4) is 6.07 Å². The van der Waals surface area contributed by atoms with E-state index in [0.29, 0.717) is 5.92 Å². The molecule has 1 aliphatic rings. The zero-order chi connectivity index (χ0) is 10.1. The number of hydrogen-bond acceptors (Lipinski definition) is 3. The number of pyridine rings is 1. The molecule has 0 bridgehead atoms. The lowest BCUT2D eigenvalue weighted by Gasteiger charge is -2.00. The molecule has 1 heterocycles. The van der Waals surface area contributed by atoms with Crippen molar-refractivity contribution < 1.29 is 9.90 Å². The fourth-order valence-corrected chi connectivity index (χ4v) is 1.32. The molecule has 1 aromatic heterocycles. The lowest BCUT2D eigenvalue weighted by atomic mass is 10.1. The molecule has 0 saturated heterocycles. The molecular weight excluding hydrogens is 180 g/mol. The number of carbonyl (C=O) groups is 1. The fourth-order valence-electron chi connectivity index (χ4n) is 1.32. The summed E-state index contributed by atoms with van der Waals surface area (Å²) in [5, 5.41) is 17.5. The molecule has 0 aliphatic heterocycles. The van der Waals surface area contributed by atoms with Crippen molar-refractivity contribution in [1.29, 1.82) is 5.26 Å². The Bertz CT molecular complexity index is 430. The van der Waals surface area contributed by atoms with Crippen LogP contribution in [0.3, 0.4) is 0 Å². The molecule has 4 heteroatoms. The van der Waals surface area contributed by atoms with Crippen LogP contribution >= 0.6 is 0 Å². The Hall–Kier alpha value is -1.89. The van der Waals surface area contributed by atoms with Crippen LogP contribution in [-0.2, 0) is 0 Å². The third-order valence-electron chi connectivity index (χ3n) is 2.20. The molecule has 0 radical (unpaired) electrons. The Morgan fingerprint density at radius 1 is 1.57 bits per heavy atom. The molecule has 1 aliphatic carbocycles. The Morgan fingerprint density at radius 2 is 2.29 bits per heavy atom. The smallest absolute Gasteiger partial charge is 0.335 e. The Kier molecular flexibility index (Phi) is 1.93. The molecule has 0 unspecified atom stereocenters. The molecule has 4 nitrogen and oxygen atoms in total. The zero-order valence-corrected chi connectivity index (χ0v) is 7.40. The number of aromatic nitrogens is 1. The summed E-state index contributed by atoms with van der Waals surface area (Å²) < 4.78 is 0. The lowest BCUT2D eigenvalue weighted by molar-refractivity contribution is 0.0696. The third kappa shape index (κ3) is 1.57. The number of nitrogens with zero attached hydrogens (tertiary/aromatic N) is 2. The first kappa shape index (κ1) is 8.70. The minimum Gasteiger partial charge on any atom is -0.478 e. The summed E-state index contributed by atoms with van der Waals surface area (Å²) in [7, 11) is 0. The zero-order valence-electron chi connectivity index (χ0n) is 7.40. The normalized spacial score (nSPS) is 14.8. The van der Waals surface area contributed by atoms with Gasteiger partial charge in [-0.05, 0) is 25.0 Å². The monoisotopic (exact) mass is 188 g/mol. The minimum atomic E-state index is -1.01. The fraction of sp³-hybridized carbons (Fsp3) is 0.300. The maximum absolute atomic E-state index is 10.7. The predicted octanol–water partition coefficient (Wildman–Crippen LogP) is 1.53. The van der Waals surface area contributed by atoms with Crippen molar-refractivity contribution in [1.82, 2.24) is 4.98 Å². The highest BCUT2D eigenvalue weighted by Crippen LogP contribution is 2.39. The van der Waals surface area contributed by atoms with Crippen molar-refractivity contribution in [2.75, 3.05) is 0 Å². The summed E-state index contributed by atoms with van der Waals surface area (Å²) in [6.45, 7) is 0. The Morgan fingerprint density at radius 3 is 2.79 bits per heavy atom. The second-order valence-corrected chi connectivity index (χ2v) is 3.36. The Labute approximate surface area is 80.8 Å². The molecule has 0 atom stereocenters. The van der Waals surface area contributed by atoms with Gasteiger partial charge in [0.05, 0.1) is 5.56 Å². The molecular formula is C10H8N2O2. The average molecular weight is 188 g/mol. The maximum Gasteiger partial charge on any atom is 0.335 e. The van der Waals surface area contributed by atoms with Gasteiger partial charge < -0.3 is 5.11 Å². The van der Waals surface area contributed by atoms with E-state index in [2.05, 4.69) is 4.98 Å². The van der Waals surface area contributed by atoms with Crippen LogP contribution in [0.4, 0.5) is 0 Å². The number of aromatic carboxylic acids is 1. The van der Waals surface area contributed by atoms with Crippen LogP contribution < -0.4 is 0 Å². The Balaban J connectivity index is 2.47. The van der Waals surface area contributed by atoms with Crippen LogP contribution in [0.5, 0.6) is 0 Å². The van der Waals surface area contributed by atoms with E-state index >= 15 is 0 Å². The summed E-state index contributed by atoms with van der Waals surface area (Å²) in [5.74, 6) is -0.646. The number of carboxylic acid groups (broad SMARTS) is 1. The van der Waals surface area contributed by atoms with Crippen LogP contribution in [0.25, 0.3) is 0 Å². The molecule has 2 rings (SSSR count). The van der Waals surface area contributed by atoms with E-state index in [1.807, 2.05) is 6.07 Å². The van der Waals surface area contributed by atoms with E-state index in [1.54, 1.807) is 6.07 Å².